The van der Waals surface area contributed by atoms with Crippen LogP contribution >= 0.6 is 0 Å². The fourth-order valence-corrected chi connectivity index (χ4v) is 8.64. The predicted molar refractivity (Wildman–Crippen MR) is 245 cm³/mol. The molecule has 0 bridgehead atoms. The Morgan fingerprint density at radius 2 is 0.828 bits per heavy atom. The van der Waals surface area contributed by atoms with Crippen LogP contribution in [0.2, 0.25) is 0 Å². The van der Waals surface area contributed by atoms with Crippen molar-refractivity contribution in [2.45, 2.75) is 0 Å². The number of anilines is 3. The summed E-state index contributed by atoms with van der Waals surface area (Å²) in [6, 6.07) is 80.7. The highest BCUT2D eigenvalue weighted by Gasteiger charge is 2.20. The SMILES string of the molecule is c1ccc(-c2ccc(N(c3ccc(-c4cccc(-c5cccc6ccccc56)c4)cc3)c3ccccc3-c3cccc4cc5c(cc34)oc3ccccc35)cc2)cc1. The topological polar surface area (TPSA) is 16.4 Å². The summed E-state index contributed by atoms with van der Waals surface area (Å²) in [7, 11) is 0. The highest BCUT2D eigenvalue weighted by Crippen LogP contribution is 2.45. The van der Waals surface area contributed by atoms with Crippen LogP contribution in [-0.2, 0) is 0 Å². The van der Waals surface area contributed by atoms with Crippen LogP contribution in [-0.4, -0.2) is 0 Å². The van der Waals surface area contributed by atoms with Crippen LogP contribution in [0.5, 0.6) is 0 Å². The van der Waals surface area contributed by atoms with Crippen molar-refractivity contribution in [3.63, 3.8) is 0 Å². The number of para-hydroxylation sites is 2. The molecule has 2 nitrogen and oxygen atoms in total. The molecule has 0 aliphatic heterocycles. The number of hydrogen-bond acceptors (Lipinski definition) is 2. The molecule has 2 heteroatoms. The first-order chi connectivity index (χ1) is 28.7. The highest BCUT2D eigenvalue weighted by molar-refractivity contribution is 6.13. The summed E-state index contributed by atoms with van der Waals surface area (Å²) in [5, 5.41) is 7.12. The van der Waals surface area contributed by atoms with E-state index in [-0.39, 0.29) is 0 Å². The van der Waals surface area contributed by atoms with Gasteiger partial charge in [0.1, 0.15) is 11.2 Å². The largest absolute Gasteiger partial charge is 0.456 e. The fourth-order valence-electron chi connectivity index (χ4n) is 8.64. The molecule has 1 aromatic heterocycles. The second kappa shape index (κ2) is 14.1. The van der Waals surface area contributed by atoms with Crippen LogP contribution in [0.15, 0.2) is 229 Å². The molecule has 0 aliphatic carbocycles. The van der Waals surface area contributed by atoms with Gasteiger partial charge in [0, 0.05) is 27.7 Å². The van der Waals surface area contributed by atoms with Gasteiger partial charge in [-0.3, -0.25) is 0 Å². The summed E-state index contributed by atoms with van der Waals surface area (Å²) >= 11 is 0. The van der Waals surface area contributed by atoms with Crippen LogP contribution < -0.4 is 4.90 Å². The lowest BCUT2D eigenvalue weighted by Crippen LogP contribution is -2.11. The van der Waals surface area contributed by atoms with Crippen molar-refractivity contribution < 1.29 is 4.42 Å². The third kappa shape index (κ3) is 5.91. The van der Waals surface area contributed by atoms with Gasteiger partial charge in [-0.15, -0.1) is 0 Å². The van der Waals surface area contributed by atoms with E-state index in [1.54, 1.807) is 0 Å². The summed E-state index contributed by atoms with van der Waals surface area (Å²) in [6.07, 6.45) is 0. The molecule has 0 N–H and O–H groups in total. The number of benzene rings is 10. The summed E-state index contributed by atoms with van der Waals surface area (Å²) in [6.45, 7) is 0. The Hall–Kier alpha value is -7.68. The van der Waals surface area contributed by atoms with Crippen molar-refractivity contribution in [1.29, 1.82) is 0 Å². The maximum Gasteiger partial charge on any atom is 0.136 e. The first-order valence-electron chi connectivity index (χ1n) is 19.8. The van der Waals surface area contributed by atoms with E-state index in [1.807, 2.05) is 12.1 Å². The lowest BCUT2D eigenvalue weighted by Gasteiger charge is -2.28. The normalized spacial score (nSPS) is 11.4. The molecule has 0 aliphatic rings. The molecular weight excluding hydrogens is 703 g/mol. The molecular formula is C56H37NO. The molecule has 0 fully saturated rings. The second-order valence-corrected chi connectivity index (χ2v) is 14.9. The Bertz CT molecular complexity index is 3260. The van der Waals surface area contributed by atoms with Gasteiger partial charge in [-0.2, -0.15) is 0 Å². The molecule has 11 rings (SSSR count). The monoisotopic (exact) mass is 739 g/mol. The van der Waals surface area contributed by atoms with Crippen molar-refractivity contribution in [1.82, 2.24) is 0 Å². The number of nitrogens with zero attached hydrogens (tertiary/aromatic N) is 1. The van der Waals surface area contributed by atoms with Crippen LogP contribution in [0.25, 0.3) is 88.0 Å². The van der Waals surface area contributed by atoms with Crippen LogP contribution in [0.4, 0.5) is 17.1 Å². The third-order valence-electron chi connectivity index (χ3n) is 11.5. The Labute approximate surface area is 337 Å². The molecule has 11 aromatic rings. The zero-order valence-electron chi connectivity index (χ0n) is 31.7. The van der Waals surface area contributed by atoms with E-state index in [2.05, 4.69) is 217 Å². The van der Waals surface area contributed by atoms with Gasteiger partial charge in [0.2, 0.25) is 0 Å². The maximum atomic E-state index is 6.40. The molecule has 1 heterocycles. The minimum atomic E-state index is 0.895. The minimum Gasteiger partial charge on any atom is -0.456 e. The Morgan fingerprint density at radius 1 is 0.276 bits per heavy atom. The second-order valence-electron chi connectivity index (χ2n) is 14.9. The number of hydrogen-bond donors (Lipinski definition) is 0. The van der Waals surface area contributed by atoms with Gasteiger partial charge in [0.25, 0.3) is 0 Å². The van der Waals surface area contributed by atoms with Gasteiger partial charge < -0.3 is 9.32 Å². The Morgan fingerprint density at radius 3 is 1.64 bits per heavy atom. The Balaban J connectivity index is 1.04. The minimum absolute atomic E-state index is 0.895. The van der Waals surface area contributed by atoms with Crippen molar-refractivity contribution in [2.75, 3.05) is 4.90 Å². The van der Waals surface area contributed by atoms with Gasteiger partial charge in [0.15, 0.2) is 0 Å². The van der Waals surface area contributed by atoms with E-state index >= 15 is 0 Å². The van der Waals surface area contributed by atoms with Gasteiger partial charge in [-0.05, 0) is 115 Å². The van der Waals surface area contributed by atoms with Gasteiger partial charge >= 0.3 is 0 Å². The molecule has 58 heavy (non-hydrogen) atoms. The first kappa shape index (κ1) is 33.6. The zero-order valence-corrected chi connectivity index (χ0v) is 31.7. The molecule has 0 spiro atoms. The van der Waals surface area contributed by atoms with Crippen LogP contribution in [0, 0.1) is 0 Å². The lowest BCUT2D eigenvalue weighted by molar-refractivity contribution is 0.669. The summed E-state index contributed by atoms with van der Waals surface area (Å²) < 4.78 is 6.40. The molecule has 0 atom stereocenters. The Kier molecular flexibility index (Phi) is 8.19. The highest BCUT2D eigenvalue weighted by atomic mass is 16.3. The summed E-state index contributed by atoms with van der Waals surface area (Å²) in [5.74, 6) is 0. The standard InChI is InChI=1S/C56H37NO/c1-2-13-38(14-3-1)39-27-31-45(32-28-39)57(46-33-29-40(30-34-46)42-17-10-18-43(35-42)48-23-11-16-41-15-4-5-20-47(41)48)54-25-8-6-21-50(54)49-24-12-19-44-36-53-51-22-7-9-26-55(51)58-56(53)37-52(44)49/h1-37H. The average molecular weight is 740 g/mol. The van der Waals surface area contributed by atoms with E-state index in [9.17, 15) is 0 Å². The number of rotatable bonds is 7. The van der Waals surface area contributed by atoms with Gasteiger partial charge in [-0.25, -0.2) is 0 Å². The molecule has 0 unspecified atom stereocenters. The number of fused-ring (bicyclic) bond motifs is 5. The molecule has 0 saturated heterocycles. The van der Waals surface area contributed by atoms with Crippen molar-refractivity contribution >= 4 is 60.5 Å². The van der Waals surface area contributed by atoms with E-state index in [0.717, 1.165) is 55.5 Å². The van der Waals surface area contributed by atoms with Crippen molar-refractivity contribution in [3.05, 3.63) is 224 Å². The average Bonchev–Trinajstić information content (AvgIpc) is 3.66. The van der Waals surface area contributed by atoms with E-state index < -0.39 is 0 Å². The van der Waals surface area contributed by atoms with Crippen molar-refractivity contribution in [2.24, 2.45) is 0 Å². The van der Waals surface area contributed by atoms with E-state index in [0.29, 0.717) is 0 Å². The first-order valence-corrected chi connectivity index (χ1v) is 19.8. The maximum absolute atomic E-state index is 6.40. The predicted octanol–water partition coefficient (Wildman–Crippen LogP) is 16.0. The molecule has 272 valence electrons. The van der Waals surface area contributed by atoms with E-state index in [1.165, 1.54) is 49.5 Å². The summed E-state index contributed by atoms with van der Waals surface area (Å²) in [5.41, 5.74) is 14.5. The van der Waals surface area contributed by atoms with Gasteiger partial charge in [-0.1, -0.05) is 170 Å². The van der Waals surface area contributed by atoms with Gasteiger partial charge in [0.05, 0.1) is 5.69 Å². The van der Waals surface area contributed by atoms with Crippen LogP contribution in [0.1, 0.15) is 0 Å². The van der Waals surface area contributed by atoms with Crippen molar-refractivity contribution in [3.8, 4) is 44.5 Å². The number of furan rings is 1. The summed E-state index contributed by atoms with van der Waals surface area (Å²) in [4.78, 5) is 2.39. The zero-order chi connectivity index (χ0) is 38.4. The van der Waals surface area contributed by atoms with E-state index in [4.69, 9.17) is 4.42 Å². The molecule has 10 aromatic carbocycles. The fraction of sp³-hybridized carbons (Fsp3) is 0. The third-order valence-corrected chi connectivity index (χ3v) is 11.5. The molecule has 0 saturated carbocycles. The molecule has 0 amide bonds. The smallest absolute Gasteiger partial charge is 0.136 e. The quantitative estimate of drug-likeness (QED) is 0.162. The van der Waals surface area contributed by atoms with Crippen LogP contribution in [0.3, 0.4) is 0 Å². The lowest BCUT2D eigenvalue weighted by atomic mass is 9.94. The molecule has 0 radical (unpaired) electrons.